The van der Waals surface area contributed by atoms with Gasteiger partial charge in [0.2, 0.25) is 5.91 Å². The zero-order valence-corrected chi connectivity index (χ0v) is 16.5. The fourth-order valence-corrected chi connectivity index (χ4v) is 4.19. The Hall–Kier alpha value is -3.27. The minimum Gasteiger partial charge on any atom is -0.456 e. The van der Waals surface area contributed by atoms with Crippen molar-refractivity contribution in [3.63, 3.8) is 0 Å². The standard InChI is InChI=1S/C20H21N3O7/c1-10-7-16(30-21-10)14-8-15-17(11(2)24)19(25)22(15)18(14)20(26)29-9-12-3-5-13(6-4-12)23(27)28/h3-6,11,15-17,24H,7-9H2,1-2H3/t11-,15-,16-,17-/m1/s1. The Morgan fingerprint density at radius 1 is 1.40 bits per heavy atom. The van der Waals surface area contributed by atoms with E-state index in [0.29, 0.717) is 24.0 Å². The molecule has 1 aromatic rings. The highest BCUT2D eigenvalue weighted by molar-refractivity contribution is 6.01. The topological polar surface area (TPSA) is 132 Å². The van der Waals surface area contributed by atoms with Gasteiger partial charge in [-0.05, 0) is 38.0 Å². The number of hydrogen-bond donors (Lipinski definition) is 1. The largest absolute Gasteiger partial charge is 0.456 e. The van der Waals surface area contributed by atoms with Gasteiger partial charge in [-0.3, -0.25) is 14.9 Å². The van der Waals surface area contributed by atoms with Crippen LogP contribution in [0.2, 0.25) is 0 Å². The van der Waals surface area contributed by atoms with Crippen LogP contribution in [-0.2, 0) is 25.8 Å². The van der Waals surface area contributed by atoms with Gasteiger partial charge < -0.3 is 19.6 Å². The van der Waals surface area contributed by atoms with Crippen molar-refractivity contribution in [3.8, 4) is 0 Å². The van der Waals surface area contributed by atoms with Crippen LogP contribution in [-0.4, -0.2) is 50.8 Å². The van der Waals surface area contributed by atoms with Crippen molar-refractivity contribution in [1.82, 2.24) is 4.90 Å². The molecule has 1 fully saturated rings. The van der Waals surface area contributed by atoms with Gasteiger partial charge in [0.15, 0.2) is 6.10 Å². The molecule has 4 rings (SSSR count). The molecular weight excluding hydrogens is 394 g/mol. The molecular formula is C20H21N3O7. The van der Waals surface area contributed by atoms with Gasteiger partial charge in [-0.2, -0.15) is 0 Å². The second-order valence-corrected chi connectivity index (χ2v) is 7.74. The molecule has 0 unspecified atom stereocenters. The summed E-state index contributed by atoms with van der Waals surface area (Å²) < 4.78 is 5.41. The Kier molecular flexibility index (Phi) is 5.02. The number of oxime groups is 1. The van der Waals surface area contributed by atoms with E-state index in [0.717, 1.165) is 5.71 Å². The molecule has 10 heteroatoms. The molecule has 158 valence electrons. The lowest BCUT2D eigenvalue weighted by atomic mass is 9.82. The van der Waals surface area contributed by atoms with E-state index in [1.165, 1.54) is 29.2 Å². The number of ether oxygens (including phenoxy) is 1. The predicted molar refractivity (Wildman–Crippen MR) is 103 cm³/mol. The van der Waals surface area contributed by atoms with Crippen molar-refractivity contribution >= 4 is 23.3 Å². The number of nitro benzene ring substituents is 1. The van der Waals surface area contributed by atoms with E-state index in [1.807, 2.05) is 6.92 Å². The summed E-state index contributed by atoms with van der Waals surface area (Å²) in [5.74, 6) is -1.55. The molecule has 0 aliphatic carbocycles. The summed E-state index contributed by atoms with van der Waals surface area (Å²) in [6.45, 7) is 3.28. The number of fused-ring (bicyclic) bond motifs is 1. The van der Waals surface area contributed by atoms with Crippen LogP contribution >= 0.6 is 0 Å². The lowest BCUT2D eigenvalue weighted by Gasteiger charge is -2.44. The third kappa shape index (κ3) is 3.32. The van der Waals surface area contributed by atoms with E-state index in [2.05, 4.69) is 5.16 Å². The number of aliphatic hydroxyl groups is 1. The summed E-state index contributed by atoms with van der Waals surface area (Å²) in [4.78, 5) is 42.6. The number of carbonyl (C=O) groups is 2. The van der Waals surface area contributed by atoms with E-state index in [1.54, 1.807) is 6.92 Å². The van der Waals surface area contributed by atoms with Gasteiger partial charge in [0.1, 0.15) is 12.3 Å². The Labute approximate surface area is 171 Å². The van der Waals surface area contributed by atoms with Gasteiger partial charge in [-0.25, -0.2) is 4.79 Å². The highest BCUT2D eigenvalue weighted by Crippen LogP contribution is 2.46. The first-order valence-electron chi connectivity index (χ1n) is 9.62. The predicted octanol–water partition coefficient (Wildman–Crippen LogP) is 1.67. The molecule has 0 spiro atoms. The highest BCUT2D eigenvalue weighted by atomic mass is 16.6. The van der Waals surface area contributed by atoms with E-state index < -0.39 is 29.0 Å². The summed E-state index contributed by atoms with van der Waals surface area (Å²) in [6.07, 6.45) is -0.336. The molecule has 1 aromatic carbocycles. The maximum atomic E-state index is 12.9. The molecule has 10 nitrogen and oxygen atoms in total. The molecule has 3 aliphatic heterocycles. The second-order valence-electron chi connectivity index (χ2n) is 7.74. The number of β-lactam (4-membered cyclic amide) rings is 1. The zero-order valence-electron chi connectivity index (χ0n) is 16.5. The Morgan fingerprint density at radius 3 is 2.67 bits per heavy atom. The quantitative estimate of drug-likeness (QED) is 0.323. The smallest absolute Gasteiger partial charge is 0.355 e. The molecule has 1 saturated heterocycles. The lowest BCUT2D eigenvalue weighted by Crippen LogP contribution is -2.61. The average molecular weight is 415 g/mol. The molecule has 3 heterocycles. The molecule has 0 saturated carbocycles. The third-order valence-corrected chi connectivity index (χ3v) is 5.68. The SMILES string of the molecule is CC1=NO[C@@H](C2=C(C(=O)OCc3ccc([N+](=O)[O-])cc3)N3C(=O)[C@H]([C@@H](C)O)[C@H]3C2)C1. The van der Waals surface area contributed by atoms with Crippen LogP contribution in [0.25, 0.3) is 0 Å². The summed E-state index contributed by atoms with van der Waals surface area (Å²) in [5.41, 5.74) is 2.11. The third-order valence-electron chi connectivity index (χ3n) is 5.68. The lowest BCUT2D eigenvalue weighted by molar-refractivity contribution is -0.384. The number of carbonyl (C=O) groups excluding carboxylic acids is 2. The van der Waals surface area contributed by atoms with Crippen LogP contribution in [0.4, 0.5) is 5.69 Å². The van der Waals surface area contributed by atoms with Crippen LogP contribution < -0.4 is 0 Å². The Bertz CT molecular complexity index is 967. The number of benzene rings is 1. The molecule has 30 heavy (non-hydrogen) atoms. The zero-order chi connectivity index (χ0) is 21.6. The number of esters is 1. The summed E-state index contributed by atoms with van der Waals surface area (Å²) in [6, 6.07) is 5.37. The van der Waals surface area contributed by atoms with Crippen LogP contribution in [0.3, 0.4) is 0 Å². The highest BCUT2D eigenvalue weighted by Gasteiger charge is 2.58. The molecule has 0 radical (unpaired) electrons. The molecule has 0 bridgehead atoms. The second kappa shape index (κ2) is 7.52. The van der Waals surface area contributed by atoms with Crippen LogP contribution in [0.15, 0.2) is 40.7 Å². The van der Waals surface area contributed by atoms with Crippen molar-refractivity contribution in [1.29, 1.82) is 0 Å². The maximum Gasteiger partial charge on any atom is 0.355 e. The van der Waals surface area contributed by atoms with Gasteiger partial charge in [0.25, 0.3) is 5.69 Å². The molecule has 0 aromatic heterocycles. The normalized spacial score (nSPS) is 26.0. The van der Waals surface area contributed by atoms with E-state index >= 15 is 0 Å². The van der Waals surface area contributed by atoms with Crippen molar-refractivity contribution < 1.29 is 29.2 Å². The monoisotopic (exact) mass is 415 g/mol. The first-order valence-corrected chi connectivity index (χ1v) is 9.62. The number of nitrogens with zero attached hydrogens (tertiary/aromatic N) is 3. The van der Waals surface area contributed by atoms with Crippen molar-refractivity contribution in [2.45, 2.75) is 51.5 Å². The molecule has 3 aliphatic rings. The fourth-order valence-electron chi connectivity index (χ4n) is 4.19. The number of rotatable bonds is 6. The summed E-state index contributed by atoms with van der Waals surface area (Å²) in [5, 5.41) is 24.6. The van der Waals surface area contributed by atoms with Crippen molar-refractivity contribution in [2.75, 3.05) is 0 Å². The minimum atomic E-state index is -0.821. The first kappa shape index (κ1) is 20.0. The molecule has 4 atom stereocenters. The van der Waals surface area contributed by atoms with Gasteiger partial charge in [0.05, 0.1) is 28.7 Å². The fraction of sp³-hybridized carbons (Fsp3) is 0.450. The van der Waals surface area contributed by atoms with Gasteiger partial charge >= 0.3 is 5.97 Å². The maximum absolute atomic E-state index is 12.9. The van der Waals surface area contributed by atoms with E-state index in [-0.39, 0.29) is 29.9 Å². The first-order chi connectivity index (χ1) is 14.3. The average Bonchev–Trinajstić information content (AvgIpc) is 3.27. The van der Waals surface area contributed by atoms with E-state index in [4.69, 9.17) is 9.57 Å². The minimum absolute atomic E-state index is 0.0576. The van der Waals surface area contributed by atoms with Crippen molar-refractivity contribution in [2.24, 2.45) is 11.1 Å². The summed E-state index contributed by atoms with van der Waals surface area (Å²) >= 11 is 0. The van der Waals surface area contributed by atoms with Gasteiger partial charge in [-0.1, -0.05) is 5.16 Å². The van der Waals surface area contributed by atoms with Crippen LogP contribution in [0.1, 0.15) is 32.3 Å². The Balaban J connectivity index is 1.53. The number of aliphatic hydroxyl groups excluding tert-OH is 1. The molecule has 1 N–H and O–H groups in total. The molecule has 1 amide bonds. The Morgan fingerprint density at radius 2 is 2.10 bits per heavy atom. The van der Waals surface area contributed by atoms with Gasteiger partial charge in [0, 0.05) is 24.1 Å². The number of nitro groups is 1. The summed E-state index contributed by atoms with van der Waals surface area (Å²) in [7, 11) is 0. The van der Waals surface area contributed by atoms with E-state index in [9.17, 15) is 24.8 Å². The van der Waals surface area contributed by atoms with Crippen molar-refractivity contribution in [3.05, 3.63) is 51.2 Å². The number of hydrogen-bond acceptors (Lipinski definition) is 8. The van der Waals surface area contributed by atoms with Gasteiger partial charge in [-0.15, -0.1) is 0 Å². The number of amides is 1. The number of non-ortho nitro benzene ring substituents is 1. The van der Waals surface area contributed by atoms with Crippen LogP contribution in [0.5, 0.6) is 0 Å². The van der Waals surface area contributed by atoms with Crippen LogP contribution in [0, 0.1) is 16.0 Å².